The first-order valence-corrected chi connectivity index (χ1v) is 7.45. The third-order valence-corrected chi connectivity index (χ3v) is 3.77. The van der Waals surface area contributed by atoms with E-state index in [0.717, 1.165) is 0 Å². The molecule has 0 aliphatic rings. The van der Waals surface area contributed by atoms with Crippen molar-refractivity contribution in [2.45, 2.75) is 32.6 Å². The van der Waals surface area contributed by atoms with Crippen LogP contribution in [-0.2, 0) is 14.2 Å². The zero-order valence-electron chi connectivity index (χ0n) is 11.7. The molecule has 0 atom stereocenters. The predicted octanol–water partition coefficient (Wildman–Crippen LogP) is 1.43. The predicted molar refractivity (Wildman–Crippen MR) is 88.9 cm³/mol. The molecule has 0 aromatic carbocycles. The third kappa shape index (κ3) is 8.54. The lowest BCUT2D eigenvalue weighted by Gasteiger charge is -2.32. The maximum atomic E-state index is 8.76. The Bertz CT molecular complexity index is 311. The molecule has 0 rings (SSSR count). The zero-order valence-corrected chi connectivity index (χ0v) is 14.2. The van der Waals surface area contributed by atoms with E-state index in [0.29, 0.717) is 25.7 Å². The fourth-order valence-corrected chi connectivity index (χ4v) is 2.93. The van der Waals surface area contributed by atoms with Crippen LogP contribution in [0.4, 0.5) is 0 Å². The number of hydrogen-bond donors (Lipinski definition) is 3. The number of rotatable bonds is 10. The molecule has 9 heteroatoms. The highest BCUT2D eigenvalue weighted by atomic mass is 32.1. The van der Waals surface area contributed by atoms with E-state index in [1.54, 1.807) is 0 Å². The van der Waals surface area contributed by atoms with Crippen LogP contribution in [0, 0.1) is 5.41 Å². The average Bonchev–Trinajstić information content (AvgIpc) is 2.39. The number of hydrogen-bond acceptors (Lipinski definition) is 9. The van der Waals surface area contributed by atoms with Gasteiger partial charge in [0.2, 0.25) is 0 Å². The molecule has 0 fully saturated rings. The molecule has 0 amide bonds. The molecule has 0 aromatic heterocycles. The first kappa shape index (κ1) is 20.6. The maximum Gasteiger partial charge on any atom is 0.187 e. The largest absolute Gasteiger partial charge is 0.461 e. The van der Waals surface area contributed by atoms with Crippen molar-refractivity contribution in [2.75, 3.05) is 20.4 Å². The van der Waals surface area contributed by atoms with Crippen molar-refractivity contribution in [2.24, 2.45) is 5.41 Å². The van der Waals surface area contributed by atoms with Crippen LogP contribution in [0.15, 0.2) is 0 Å². The molecule has 0 aromatic rings. The van der Waals surface area contributed by atoms with Crippen LogP contribution in [0.3, 0.4) is 0 Å². The SMILES string of the molecule is CCC(CC(=S)OCO)(CC(=S)OCO)CC(=S)OCO. The molecule has 0 heterocycles. The van der Waals surface area contributed by atoms with Gasteiger partial charge < -0.3 is 29.5 Å². The zero-order chi connectivity index (χ0) is 16.3. The lowest BCUT2D eigenvalue weighted by molar-refractivity contribution is 0.0737. The van der Waals surface area contributed by atoms with Gasteiger partial charge in [0.05, 0.1) is 0 Å². The molecule has 0 saturated heterocycles. The Labute approximate surface area is 140 Å². The minimum Gasteiger partial charge on any atom is -0.461 e. The van der Waals surface area contributed by atoms with Gasteiger partial charge in [0, 0.05) is 19.3 Å². The first-order valence-electron chi connectivity index (χ1n) is 6.22. The molecular formula is C12H20O6S3. The summed E-state index contributed by atoms with van der Waals surface area (Å²) in [5.41, 5.74) is -0.523. The molecule has 0 unspecified atom stereocenters. The molecule has 0 saturated carbocycles. The second-order valence-electron chi connectivity index (χ2n) is 4.32. The molecule has 0 aliphatic heterocycles. The van der Waals surface area contributed by atoms with E-state index in [1.165, 1.54) is 0 Å². The van der Waals surface area contributed by atoms with E-state index < -0.39 is 25.8 Å². The highest BCUT2D eigenvalue weighted by Crippen LogP contribution is 2.37. The fourth-order valence-electron chi connectivity index (χ4n) is 1.85. The van der Waals surface area contributed by atoms with Crippen LogP contribution in [0.2, 0.25) is 0 Å². The Morgan fingerprint density at radius 2 is 1.05 bits per heavy atom. The third-order valence-electron chi connectivity index (χ3n) is 2.98. The van der Waals surface area contributed by atoms with Gasteiger partial charge in [-0.3, -0.25) is 0 Å². The van der Waals surface area contributed by atoms with Gasteiger partial charge >= 0.3 is 0 Å². The van der Waals surface area contributed by atoms with Crippen LogP contribution in [0.1, 0.15) is 32.6 Å². The average molecular weight is 356 g/mol. The van der Waals surface area contributed by atoms with Gasteiger partial charge in [-0.15, -0.1) is 0 Å². The highest BCUT2D eigenvalue weighted by Gasteiger charge is 2.34. The van der Waals surface area contributed by atoms with E-state index in [2.05, 4.69) is 0 Å². The van der Waals surface area contributed by atoms with Crippen LogP contribution in [0.25, 0.3) is 0 Å². The van der Waals surface area contributed by atoms with E-state index >= 15 is 0 Å². The molecule has 0 bridgehead atoms. The molecule has 0 spiro atoms. The molecule has 21 heavy (non-hydrogen) atoms. The van der Waals surface area contributed by atoms with Crippen LogP contribution < -0.4 is 0 Å². The number of ether oxygens (including phenoxy) is 3. The Balaban J connectivity index is 5.02. The molecule has 6 nitrogen and oxygen atoms in total. The normalized spacial score (nSPS) is 10.9. The summed E-state index contributed by atoms with van der Waals surface area (Å²) >= 11 is 15.2. The molecule has 0 radical (unpaired) electrons. The molecular weight excluding hydrogens is 336 g/mol. The quantitative estimate of drug-likeness (QED) is 0.397. The number of aliphatic hydroxyl groups is 3. The lowest BCUT2D eigenvalue weighted by atomic mass is 9.76. The van der Waals surface area contributed by atoms with Crippen molar-refractivity contribution in [3.8, 4) is 0 Å². The van der Waals surface area contributed by atoms with Crippen LogP contribution in [-0.4, -0.2) is 50.9 Å². The van der Waals surface area contributed by atoms with Gasteiger partial charge in [0.25, 0.3) is 0 Å². The minimum absolute atomic E-state index is 0.220. The number of thiocarbonyl (C=S) groups is 3. The van der Waals surface area contributed by atoms with Gasteiger partial charge in [-0.25, -0.2) is 0 Å². The summed E-state index contributed by atoms with van der Waals surface area (Å²) in [5.74, 6) is 0. The Morgan fingerprint density at radius 3 is 1.24 bits per heavy atom. The second kappa shape index (κ2) is 11.2. The minimum atomic E-state index is -0.523. The van der Waals surface area contributed by atoms with Gasteiger partial charge in [-0.2, -0.15) is 0 Å². The summed E-state index contributed by atoms with van der Waals surface area (Å²) in [6.45, 7) is 0.403. The van der Waals surface area contributed by atoms with Crippen molar-refractivity contribution in [3.63, 3.8) is 0 Å². The highest BCUT2D eigenvalue weighted by molar-refractivity contribution is 7.80. The van der Waals surface area contributed by atoms with E-state index in [4.69, 9.17) is 66.2 Å². The van der Waals surface area contributed by atoms with Crippen molar-refractivity contribution < 1.29 is 29.5 Å². The first-order chi connectivity index (χ1) is 9.92. The fraction of sp³-hybridized carbons (Fsp3) is 0.750. The summed E-state index contributed by atoms with van der Waals surface area (Å²) in [6, 6.07) is 0. The standard InChI is InChI=1S/C12H20O6S3/c1-2-12(3-9(19)16-6-13,4-10(20)17-7-14)5-11(21)18-8-15/h13-15H,2-8H2,1H3. The van der Waals surface area contributed by atoms with Gasteiger partial charge in [-0.05, 0) is 48.5 Å². The van der Waals surface area contributed by atoms with Gasteiger partial charge in [-0.1, -0.05) is 6.92 Å². The second-order valence-corrected chi connectivity index (χ2v) is 5.69. The van der Waals surface area contributed by atoms with Crippen molar-refractivity contribution in [1.82, 2.24) is 0 Å². The molecule has 3 N–H and O–H groups in total. The summed E-state index contributed by atoms with van der Waals surface area (Å²) in [4.78, 5) is 0. The molecule has 0 aliphatic carbocycles. The van der Waals surface area contributed by atoms with Crippen molar-refractivity contribution in [1.29, 1.82) is 0 Å². The summed E-state index contributed by atoms with van der Waals surface area (Å²) < 4.78 is 14.7. The Kier molecular flexibility index (Phi) is 10.9. The van der Waals surface area contributed by atoms with Crippen molar-refractivity contribution >= 4 is 51.8 Å². The smallest absolute Gasteiger partial charge is 0.187 e. The monoisotopic (exact) mass is 356 g/mol. The van der Waals surface area contributed by atoms with Crippen LogP contribution in [0.5, 0.6) is 0 Å². The molecule has 122 valence electrons. The van der Waals surface area contributed by atoms with Gasteiger partial charge in [0.15, 0.2) is 35.5 Å². The Hall–Kier alpha value is -0.450. The lowest BCUT2D eigenvalue weighted by Crippen LogP contribution is -2.31. The summed E-state index contributed by atoms with van der Waals surface area (Å²) in [5, 5.41) is 26.9. The summed E-state index contributed by atoms with van der Waals surface area (Å²) in [6.07, 6.45) is 1.56. The number of aliphatic hydroxyl groups excluding tert-OH is 3. The summed E-state index contributed by atoms with van der Waals surface area (Å²) in [7, 11) is 0. The van der Waals surface area contributed by atoms with E-state index in [9.17, 15) is 0 Å². The topological polar surface area (TPSA) is 88.4 Å². The van der Waals surface area contributed by atoms with E-state index in [1.807, 2.05) is 6.92 Å². The maximum absolute atomic E-state index is 8.76. The van der Waals surface area contributed by atoms with Crippen LogP contribution >= 0.6 is 36.7 Å². The van der Waals surface area contributed by atoms with Crippen molar-refractivity contribution in [3.05, 3.63) is 0 Å². The van der Waals surface area contributed by atoms with Gasteiger partial charge in [0.1, 0.15) is 0 Å². The van der Waals surface area contributed by atoms with E-state index in [-0.39, 0.29) is 15.2 Å². The Morgan fingerprint density at radius 1 is 0.762 bits per heavy atom.